The van der Waals surface area contributed by atoms with Gasteiger partial charge in [0.05, 0.1) is 6.61 Å². The molecular weight excluding hydrogens is 356 g/mol. The van der Waals surface area contributed by atoms with Crippen molar-refractivity contribution in [3.8, 4) is 0 Å². The van der Waals surface area contributed by atoms with Gasteiger partial charge < -0.3 is 38.4 Å². The molecule has 0 rings (SSSR count). The van der Waals surface area contributed by atoms with Crippen molar-refractivity contribution in [3.63, 3.8) is 0 Å². The summed E-state index contributed by atoms with van der Waals surface area (Å²) in [4.78, 5) is 53.0. The predicted octanol–water partition coefficient (Wildman–Crippen LogP) is 1.47. The lowest BCUT2D eigenvalue weighted by molar-refractivity contribution is 0.000618. The molecule has 0 aromatic carbocycles. The molecule has 0 amide bonds. The van der Waals surface area contributed by atoms with Gasteiger partial charge in [-0.05, 0) is 12.8 Å². The van der Waals surface area contributed by atoms with E-state index in [1.807, 2.05) is 0 Å². The van der Waals surface area contributed by atoms with Crippen molar-refractivity contribution in [3.05, 3.63) is 0 Å². The normalized spacial score (nSPS) is 15.9. The molecule has 2 unspecified atom stereocenters. The lowest BCUT2D eigenvalue weighted by Gasteiger charge is -2.32. The maximum absolute atomic E-state index is 9.42. The highest BCUT2D eigenvalue weighted by molar-refractivity contribution is 7.54. The highest BCUT2D eigenvalue weighted by Gasteiger charge is 2.34. The molecule has 0 saturated heterocycles. The van der Waals surface area contributed by atoms with Gasteiger partial charge >= 0.3 is 34.4 Å². The van der Waals surface area contributed by atoms with Gasteiger partial charge in [-0.25, -0.2) is 8.62 Å². The molecule has 0 aliphatic carbocycles. The molecule has 0 fully saturated rings. The zero-order chi connectivity index (χ0) is 15.8. The van der Waals surface area contributed by atoms with Crippen LogP contribution in [0.1, 0.15) is 26.7 Å². The maximum atomic E-state index is 9.42. The summed E-state index contributed by atoms with van der Waals surface area (Å²) in [7, 11) is -10.5. The first-order valence-corrected chi connectivity index (χ1v) is 9.85. The summed E-state index contributed by atoms with van der Waals surface area (Å²) in [5.74, 6) is 0. The van der Waals surface area contributed by atoms with Gasteiger partial charge in [0, 0.05) is 0 Å². The van der Waals surface area contributed by atoms with Crippen LogP contribution in [0.3, 0.4) is 0 Å². The van der Waals surface area contributed by atoms with Crippen molar-refractivity contribution < 1.29 is 47.0 Å². The van der Waals surface area contributed by atoms with E-state index in [4.69, 9.17) is 28.6 Å². The summed E-state index contributed by atoms with van der Waals surface area (Å²) in [5, 5.41) is 0. The molecule has 14 heteroatoms. The third kappa shape index (κ3) is 9.36. The van der Waals surface area contributed by atoms with Gasteiger partial charge in [0.15, 0.2) is 0 Å². The highest BCUT2D eigenvalue weighted by atomic mass is 31.2. The molecule has 20 heavy (non-hydrogen) atoms. The van der Waals surface area contributed by atoms with Gasteiger partial charge in [0.25, 0.3) is 0 Å². The second-order valence-corrected chi connectivity index (χ2v) is 7.11. The molecule has 0 saturated carbocycles. The van der Waals surface area contributed by atoms with Crippen LogP contribution in [0.4, 0.5) is 0 Å². The Hall–Kier alpha value is 1.32. The van der Waals surface area contributed by atoms with Crippen molar-refractivity contribution in [2.45, 2.75) is 32.3 Å². The fourth-order valence-corrected chi connectivity index (χ4v) is 3.42. The number of hydrogen-bond donors (Lipinski definition) is 6. The lowest BCUT2D eigenvalue weighted by Crippen LogP contribution is -2.34. The van der Waals surface area contributed by atoms with Crippen LogP contribution in [0.2, 0.25) is 0 Å². The predicted molar refractivity (Wildman–Crippen MR) is 73.5 cm³/mol. The number of hydrogen-bond acceptors (Lipinski definition) is 10. The van der Waals surface area contributed by atoms with E-state index in [0.717, 1.165) is 0 Å². The molecule has 0 aromatic rings. The Bertz CT molecular complexity index is 252. The Labute approximate surface area is 121 Å². The summed E-state index contributed by atoms with van der Waals surface area (Å²) in [6.07, 6.45) is 0.717. The standard InChI is InChI=1S/C6H18O10P4/c1-3-6(4-2,14-20(12)16-18(9)10)5-13-19(11)15-17(7)8/h7-12H,3-5H2,1-2H3. The monoisotopic (exact) mass is 374 g/mol. The first-order valence-electron chi connectivity index (χ1n) is 5.26. The molecule has 0 aliphatic rings. The third-order valence-corrected chi connectivity index (χ3v) is 5.46. The molecule has 0 heterocycles. The quantitative estimate of drug-likeness (QED) is 0.293. The summed E-state index contributed by atoms with van der Waals surface area (Å²) >= 11 is 0. The molecule has 0 spiro atoms. The Morgan fingerprint density at radius 1 is 0.800 bits per heavy atom. The summed E-state index contributed by atoms with van der Waals surface area (Å²) in [6.45, 7) is 3.23. The largest absolute Gasteiger partial charge is 0.337 e. The van der Waals surface area contributed by atoms with Crippen molar-refractivity contribution in [1.82, 2.24) is 0 Å². The summed E-state index contributed by atoms with van der Waals surface area (Å²) in [5.41, 5.74) is -1.05. The minimum atomic E-state index is -2.76. The second-order valence-electron chi connectivity index (χ2n) is 3.40. The van der Waals surface area contributed by atoms with Gasteiger partial charge in [-0.15, -0.1) is 0 Å². The van der Waals surface area contributed by atoms with Crippen LogP contribution in [-0.2, 0) is 17.7 Å². The molecule has 0 bridgehead atoms. The zero-order valence-corrected chi connectivity index (χ0v) is 14.3. The minimum absolute atomic E-state index is 0.219. The van der Waals surface area contributed by atoms with E-state index >= 15 is 0 Å². The maximum Gasteiger partial charge on any atom is 0.337 e. The van der Waals surface area contributed by atoms with Crippen LogP contribution >= 0.6 is 34.4 Å². The molecule has 2 atom stereocenters. The fraction of sp³-hybridized carbons (Fsp3) is 1.00. The topological polar surface area (TPSA) is 158 Å². The van der Waals surface area contributed by atoms with E-state index in [0.29, 0.717) is 12.8 Å². The van der Waals surface area contributed by atoms with E-state index in [-0.39, 0.29) is 6.61 Å². The van der Waals surface area contributed by atoms with Crippen molar-refractivity contribution in [2.75, 3.05) is 6.61 Å². The summed E-state index contributed by atoms with van der Waals surface area (Å²) < 4.78 is 18.7. The molecule has 0 radical (unpaired) electrons. The van der Waals surface area contributed by atoms with Crippen molar-refractivity contribution in [1.29, 1.82) is 0 Å². The average molecular weight is 374 g/mol. The van der Waals surface area contributed by atoms with E-state index < -0.39 is 40.0 Å². The average Bonchev–Trinajstić information content (AvgIpc) is 2.32. The number of rotatable bonds is 11. The molecular formula is C6H18O10P4. The highest BCUT2D eigenvalue weighted by Crippen LogP contribution is 2.52. The first-order chi connectivity index (χ1) is 9.24. The third-order valence-electron chi connectivity index (χ3n) is 2.28. The van der Waals surface area contributed by atoms with Crippen LogP contribution in [0.25, 0.3) is 0 Å². The van der Waals surface area contributed by atoms with Crippen molar-refractivity contribution >= 4 is 34.4 Å². The van der Waals surface area contributed by atoms with Crippen molar-refractivity contribution in [2.24, 2.45) is 0 Å². The van der Waals surface area contributed by atoms with Gasteiger partial charge in [-0.2, -0.15) is 0 Å². The minimum Gasteiger partial charge on any atom is -0.328 e. The Kier molecular flexibility index (Phi) is 11.7. The van der Waals surface area contributed by atoms with Crippen LogP contribution in [0.5, 0.6) is 0 Å². The van der Waals surface area contributed by atoms with E-state index in [1.165, 1.54) is 0 Å². The van der Waals surface area contributed by atoms with Crippen LogP contribution in [0.15, 0.2) is 0 Å². The SMILES string of the molecule is CCC(CC)(COP(O)OP(O)O)OP(O)OP(O)O. The second kappa shape index (κ2) is 10.9. The fourth-order valence-electron chi connectivity index (χ4n) is 1.11. The molecule has 10 nitrogen and oxygen atoms in total. The Morgan fingerprint density at radius 2 is 1.25 bits per heavy atom. The zero-order valence-electron chi connectivity index (χ0n) is 10.7. The smallest absolute Gasteiger partial charge is 0.328 e. The van der Waals surface area contributed by atoms with Crippen LogP contribution in [-0.4, -0.2) is 41.6 Å². The van der Waals surface area contributed by atoms with Gasteiger partial charge in [-0.3, -0.25) is 0 Å². The first kappa shape index (κ1) is 21.3. The molecule has 0 aliphatic heterocycles. The van der Waals surface area contributed by atoms with Gasteiger partial charge in [-0.1, -0.05) is 13.8 Å². The summed E-state index contributed by atoms with van der Waals surface area (Å²) in [6, 6.07) is 0. The Morgan fingerprint density at radius 3 is 1.65 bits per heavy atom. The van der Waals surface area contributed by atoms with Gasteiger partial charge in [0.1, 0.15) is 5.60 Å². The van der Waals surface area contributed by atoms with Gasteiger partial charge in [0.2, 0.25) is 0 Å². The Balaban J connectivity index is 4.44. The molecule has 122 valence electrons. The van der Waals surface area contributed by atoms with Crippen LogP contribution in [0, 0.1) is 0 Å². The molecule has 0 aromatic heterocycles. The lowest BCUT2D eigenvalue weighted by atomic mass is 9.99. The van der Waals surface area contributed by atoms with E-state index in [1.54, 1.807) is 13.8 Å². The van der Waals surface area contributed by atoms with E-state index in [2.05, 4.69) is 8.62 Å². The van der Waals surface area contributed by atoms with Crippen LogP contribution < -0.4 is 0 Å². The van der Waals surface area contributed by atoms with E-state index in [9.17, 15) is 9.79 Å². The molecule has 6 N–H and O–H groups in total.